The van der Waals surface area contributed by atoms with Gasteiger partial charge in [-0.15, -0.1) is 0 Å². The van der Waals surface area contributed by atoms with Crippen LogP contribution in [0.2, 0.25) is 0 Å². The van der Waals surface area contributed by atoms with Gasteiger partial charge in [0.1, 0.15) is 23.9 Å². The minimum absolute atomic E-state index is 0.117. The van der Waals surface area contributed by atoms with Gasteiger partial charge in [-0.3, -0.25) is 9.59 Å². The number of hydrogen-bond donors (Lipinski definition) is 2. The van der Waals surface area contributed by atoms with Crippen molar-refractivity contribution in [2.45, 2.75) is 96.6 Å². The lowest BCUT2D eigenvalue weighted by Gasteiger charge is -2.72. The summed E-state index contributed by atoms with van der Waals surface area (Å²) >= 11 is 0. The summed E-state index contributed by atoms with van der Waals surface area (Å²) in [5, 5.41) is 23.3. The first-order chi connectivity index (χ1) is 20.0. The van der Waals surface area contributed by atoms with E-state index in [0.717, 1.165) is 0 Å². The van der Waals surface area contributed by atoms with E-state index in [1.54, 1.807) is 26.8 Å². The standard InChI is InChI=1S/C31H40O12/c1-14-18-11-21(41-16(3)33)30(7)25(17-9-10-39-13-17)42-27(37)24(35)31(14,30)43-20-12-19(40-15(2)32)28(4,5)23(29(18,20)6)22(34)26(36)38-8/h9-10,13,18-25,34-35H,1,11-12H2,2-8H3/t18?,19-,20?,21?,22?,23-,24+,25?,29-,30?,31+/m0/s1. The van der Waals surface area contributed by atoms with Crippen LogP contribution in [0.25, 0.3) is 0 Å². The molecule has 0 radical (unpaired) electrons. The first kappa shape index (κ1) is 31.2. The van der Waals surface area contributed by atoms with Gasteiger partial charge in [-0.25, -0.2) is 9.59 Å². The average molecular weight is 605 g/mol. The van der Waals surface area contributed by atoms with Gasteiger partial charge >= 0.3 is 23.9 Å². The Morgan fingerprint density at radius 1 is 1.07 bits per heavy atom. The maximum absolute atomic E-state index is 13.4. The van der Waals surface area contributed by atoms with Gasteiger partial charge in [0, 0.05) is 42.6 Å². The highest BCUT2D eigenvalue weighted by Gasteiger charge is 2.80. The van der Waals surface area contributed by atoms with Crippen molar-refractivity contribution in [3.05, 3.63) is 36.3 Å². The molecule has 1 spiro atoms. The molecule has 2 saturated carbocycles. The zero-order valence-electron chi connectivity index (χ0n) is 25.4. The molecule has 12 heteroatoms. The normalized spacial score (nSPS) is 42.0. The maximum atomic E-state index is 13.4. The SMILES string of the molecule is C=C1C2CC(OC(C)=O)C3(C)C(c4ccoc4)OC(=O)[C@@H](O)[C@]13OC1C[C@H](OC(C)=O)C(C)(C)[C@H](C(O)C(=O)OC)[C@]12C. The van der Waals surface area contributed by atoms with Crippen LogP contribution in [0.3, 0.4) is 0 Å². The zero-order valence-corrected chi connectivity index (χ0v) is 25.4. The summed E-state index contributed by atoms with van der Waals surface area (Å²) in [4.78, 5) is 51.2. The van der Waals surface area contributed by atoms with E-state index in [4.69, 9.17) is 28.1 Å². The van der Waals surface area contributed by atoms with Crippen molar-refractivity contribution >= 4 is 23.9 Å². The topological polar surface area (TPSA) is 168 Å². The van der Waals surface area contributed by atoms with E-state index in [9.17, 15) is 29.4 Å². The van der Waals surface area contributed by atoms with Gasteiger partial charge in [-0.05, 0) is 30.9 Å². The molecule has 4 fully saturated rings. The molecule has 6 unspecified atom stereocenters. The number of aliphatic hydroxyl groups is 2. The second kappa shape index (κ2) is 10.2. The lowest BCUT2D eigenvalue weighted by atomic mass is 9.40. The summed E-state index contributed by atoms with van der Waals surface area (Å²) in [5.41, 5.74) is -4.56. The summed E-state index contributed by atoms with van der Waals surface area (Å²) < 4.78 is 34.7. The van der Waals surface area contributed by atoms with E-state index in [1.165, 1.54) is 33.5 Å². The van der Waals surface area contributed by atoms with Crippen LogP contribution >= 0.6 is 0 Å². The Bertz CT molecular complexity index is 1330. The molecule has 2 N–H and O–H groups in total. The number of cyclic esters (lactones) is 1. The highest BCUT2D eigenvalue weighted by atomic mass is 16.6. The van der Waals surface area contributed by atoms with E-state index in [1.807, 2.05) is 6.92 Å². The third-order valence-electron chi connectivity index (χ3n) is 10.9. The molecule has 3 heterocycles. The van der Waals surface area contributed by atoms with E-state index in [-0.39, 0.29) is 12.8 Å². The van der Waals surface area contributed by atoms with Gasteiger partial charge in [-0.2, -0.15) is 0 Å². The molecule has 236 valence electrons. The first-order valence-electron chi connectivity index (χ1n) is 14.4. The van der Waals surface area contributed by atoms with Crippen LogP contribution in [0.15, 0.2) is 35.2 Å². The number of fused-ring (bicyclic) bond motifs is 3. The summed E-state index contributed by atoms with van der Waals surface area (Å²) in [6, 6.07) is 1.61. The molecule has 43 heavy (non-hydrogen) atoms. The molecule has 1 aromatic heterocycles. The Labute approximate surface area is 249 Å². The summed E-state index contributed by atoms with van der Waals surface area (Å²) in [6.45, 7) is 14.1. The molecule has 0 amide bonds. The number of carbonyl (C=O) groups excluding carboxylic acids is 4. The van der Waals surface area contributed by atoms with Gasteiger partial charge in [-0.1, -0.05) is 27.4 Å². The van der Waals surface area contributed by atoms with Crippen LogP contribution in [-0.4, -0.2) is 77.3 Å². The van der Waals surface area contributed by atoms with E-state index in [0.29, 0.717) is 11.1 Å². The number of rotatable bonds is 5. The fraction of sp³-hybridized carbons (Fsp3) is 0.677. The van der Waals surface area contributed by atoms with Crippen LogP contribution in [0.5, 0.6) is 0 Å². The first-order valence-corrected chi connectivity index (χ1v) is 14.4. The fourth-order valence-corrected chi connectivity index (χ4v) is 9.05. The van der Waals surface area contributed by atoms with E-state index in [2.05, 4.69) is 6.58 Å². The molecule has 5 rings (SSSR count). The summed E-state index contributed by atoms with van der Waals surface area (Å²) in [6.07, 6.45) is -4.23. The molecule has 11 atom stereocenters. The van der Waals surface area contributed by atoms with E-state index < -0.39 is 94.2 Å². The molecule has 12 nitrogen and oxygen atoms in total. The molecule has 2 saturated heterocycles. The maximum Gasteiger partial charge on any atom is 0.339 e. The number of esters is 4. The Balaban J connectivity index is 1.77. The van der Waals surface area contributed by atoms with Crippen molar-refractivity contribution in [2.75, 3.05) is 7.11 Å². The monoisotopic (exact) mass is 604 g/mol. The molecule has 2 aliphatic heterocycles. The summed E-state index contributed by atoms with van der Waals surface area (Å²) in [7, 11) is 1.17. The average Bonchev–Trinajstić information content (AvgIpc) is 3.45. The molecule has 2 bridgehead atoms. The molecular weight excluding hydrogens is 564 g/mol. The number of aliphatic hydroxyl groups excluding tert-OH is 2. The van der Waals surface area contributed by atoms with Gasteiger partial charge in [0.25, 0.3) is 0 Å². The smallest absolute Gasteiger partial charge is 0.339 e. The highest BCUT2D eigenvalue weighted by molar-refractivity contribution is 5.80. The van der Waals surface area contributed by atoms with Crippen LogP contribution in [0, 0.1) is 28.1 Å². The van der Waals surface area contributed by atoms with Gasteiger partial charge in [0.2, 0.25) is 0 Å². The largest absolute Gasteiger partial charge is 0.472 e. The van der Waals surface area contributed by atoms with Crippen LogP contribution < -0.4 is 0 Å². The Morgan fingerprint density at radius 3 is 2.26 bits per heavy atom. The molecule has 2 aliphatic carbocycles. The predicted octanol–water partition coefficient (Wildman–Crippen LogP) is 2.41. The molecule has 1 aromatic rings. The second-order valence-corrected chi connectivity index (χ2v) is 13.3. The minimum atomic E-state index is -1.87. The Hall–Kier alpha value is -3.22. The summed E-state index contributed by atoms with van der Waals surface area (Å²) in [5.74, 6) is -4.60. The van der Waals surface area contributed by atoms with Crippen LogP contribution in [0.4, 0.5) is 0 Å². The van der Waals surface area contributed by atoms with Gasteiger partial charge in [0.15, 0.2) is 12.2 Å². The number of furan rings is 1. The third kappa shape index (κ3) is 4.05. The van der Waals surface area contributed by atoms with Crippen molar-refractivity contribution in [3.63, 3.8) is 0 Å². The second-order valence-electron chi connectivity index (χ2n) is 13.3. The Morgan fingerprint density at radius 2 is 1.70 bits per heavy atom. The number of hydrogen-bond acceptors (Lipinski definition) is 12. The van der Waals surface area contributed by atoms with E-state index >= 15 is 0 Å². The van der Waals surface area contributed by atoms with Crippen molar-refractivity contribution < 1.29 is 57.5 Å². The van der Waals surface area contributed by atoms with Crippen molar-refractivity contribution in [2.24, 2.45) is 28.1 Å². The lowest BCUT2D eigenvalue weighted by molar-refractivity contribution is -0.356. The lowest BCUT2D eigenvalue weighted by Crippen LogP contribution is -2.80. The zero-order chi connectivity index (χ0) is 31.9. The van der Waals surface area contributed by atoms with Crippen molar-refractivity contribution in [3.8, 4) is 0 Å². The van der Waals surface area contributed by atoms with Gasteiger partial charge < -0.3 is 38.3 Å². The number of carbonyl (C=O) groups is 4. The van der Waals surface area contributed by atoms with Crippen LogP contribution in [0.1, 0.15) is 66.1 Å². The fourth-order valence-electron chi connectivity index (χ4n) is 9.05. The number of ether oxygens (including phenoxy) is 5. The molecule has 0 aromatic carbocycles. The molecular formula is C31H40O12. The van der Waals surface area contributed by atoms with Crippen LogP contribution in [-0.2, 0) is 42.9 Å². The highest BCUT2D eigenvalue weighted by Crippen LogP contribution is 2.72. The van der Waals surface area contributed by atoms with Gasteiger partial charge in [0.05, 0.1) is 31.2 Å². The predicted molar refractivity (Wildman–Crippen MR) is 146 cm³/mol. The third-order valence-corrected chi connectivity index (χ3v) is 10.9. The quantitative estimate of drug-likeness (QED) is 0.287. The number of methoxy groups -OCH3 is 1. The van der Waals surface area contributed by atoms with Crippen molar-refractivity contribution in [1.82, 2.24) is 0 Å². The minimum Gasteiger partial charge on any atom is -0.472 e. The Kier molecular flexibility index (Phi) is 7.38. The molecule has 4 aliphatic rings. The van der Waals surface area contributed by atoms with Crippen molar-refractivity contribution in [1.29, 1.82) is 0 Å².